The van der Waals surface area contributed by atoms with Gasteiger partial charge in [0.25, 0.3) is 0 Å². The number of fused-ring (bicyclic) bond motifs is 1. The van der Waals surface area contributed by atoms with Gasteiger partial charge in [0.2, 0.25) is 5.91 Å². The molecule has 0 unspecified atom stereocenters. The van der Waals surface area contributed by atoms with Gasteiger partial charge in [0.05, 0.1) is 11.4 Å². The molecule has 0 aliphatic carbocycles. The Morgan fingerprint density at radius 3 is 3.15 bits per heavy atom. The van der Waals surface area contributed by atoms with Gasteiger partial charge in [-0.3, -0.25) is 4.79 Å². The second-order valence-corrected chi connectivity index (χ2v) is 3.81. The molecule has 0 fully saturated rings. The summed E-state index contributed by atoms with van der Waals surface area (Å²) in [6, 6.07) is 5.94. The van der Waals surface area contributed by atoms with Crippen LogP contribution in [0.4, 0.5) is 5.69 Å². The Balaban J connectivity index is 2.43. The normalized spacial score (nSPS) is 14.6. The lowest BCUT2D eigenvalue weighted by atomic mass is 10.2. The Kier molecular flexibility index (Phi) is 2.10. The van der Waals surface area contributed by atoms with Crippen molar-refractivity contribution >= 4 is 29.4 Å². The van der Waals surface area contributed by atoms with Gasteiger partial charge in [0.1, 0.15) is 0 Å². The van der Waals surface area contributed by atoms with Gasteiger partial charge < -0.3 is 5.32 Å². The zero-order valence-electron chi connectivity index (χ0n) is 7.04. The molecule has 1 heterocycles. The number of rotatable bonds is 1. The maximum absolute atomic E-state index is 11.1. The zero-order chi connectivity index (χ0) is 9.26. The third-order valence-electron chi connectivity index (χ3n) is 1.87. The standard InChI is InChI=1S/C10H9NOS/c1-2-7-3-4-9-8(5-7)11-10(12)6-13-9/h2-5H,1,6H2,(H,11,12). The molecular weight excluding hydrogens is 182 g/mol. The van der Waals surface area contributed by atoms with Crippen LogP contribution in [0.2, 0.25) is 0 Å². The van der Waals surface area contributed by atoms with Gasteiger partial charge in [-0.15, -0.1) is 11.8 Å². The van der Waals surface area contributed by atoms with Crippen molar-refractivity contribution in [3.05, 3.63) is 30.3 Å². The maximum atomic E-state index is 11.1. The van der Waals surface area contributed by atoms with Crippen LogP contribution in [-0.2, 0) is 4.79 Å². The van der Waals surface area contributed by atoms with Crippen LogP contribution in [0.5, 0.6) is 0 Å². The summed E-state index contributed by atoms with van der Waals surface area (Å²) >= 11 is 1.57. The number of hydrogen-bond donors (Lipinski definition) is 1. The Bertz CT molecular complexity index is 373. The van der Waals surface area contributed by atoms with E-state index in [1.807, 2.05) is 18.2 Å². The van der Waals surface area contributed by atoms with Gasteiger partial charge in [-0.1, -0.05) is 18.7 Å². The van der Waals surface area contributed by atoms with Crippen LogP contribution < -0.4 is 5.32 Å². The maximum Gasteiger partial charge on any atom is 0.234 e. The minimum absolute atomic E-state index is 0.0683. The molecule has 3 heteroatoms. The number of hydrogen-bond acceptors (Lipinski definition) is 2. The molecule has 0 atom stereocenters. The SMILES string of the molecule is C=Cc1ccc2c(c1)NC(=O)CS2. The first-order chi connectivity index (χ1) is 6.29. The van der Waals surface area contributed by atoms with Crippen LogP contribution in [0.25, 0.3) is 6.08 Å². The van der Waals surface area contributed by atoms with Gasteiger partial charge in [-0.25, -0.2) is 0 Å². The van der Waals surface area contributed by atoms with Crippen molar-refractivity contribution in [3.8, 4) is 0 Å². The van der Waals surface area contributed by atoms with Crippen molar-refractivity contribution in [2.24, 2.45) is 0 Å². The van der Waals surface area contributed by atoms with Gasteiger partial charge in [-0.05, 0) is 17.7 Å². The average molecular weight is 191 g/mol. The lowest BCUT2D eigenvalue weighted by Crippen LogP contribution is -2.18. The largest absolute Gasteiger partial charge is 0.324 e. The lowest BCUT2D eigenvalue weighted by Gasteiger charge is -2.16. The molecule has 2 nitrogen and oxygen atoms in total. The van der Waals surface area contributed by atoms with Gasteiger partial charge in [-0.2, -0.15) is 0 Å². The second kappa shape index (κ2) is 3.26. The summed E-state index contributed by atoms with van der Waals surface area (Å²) < 4.78 is 0. The van der Waals surface area contributed by atoms with Crippen molar-refractivity contribution in [2.75, 3.05) is 11.1 Å². The highest BCUT2D eigenvalue weighted by atomic mass is 32.2. The van der Waals surface area contributed by atoms with Crippen molar-refractivity contribution in [3.63, 3.8) is 0 Å². The van der Waals surface area contributed by atoms with E-state index in [0.717, 1.165) is 16.1 Å². The molecule has 13 heavy (non-hydrogen) atoms. The average Bonchev–Trinajstić information content (AvgIpc) is 2.16. The van der Waals surface area contributed by atoms with Gasteiger partial charge in [0, 0.05) is 4.90 Å². The molecule has 2 rings (SSSR count). The summed E-state index contributed by atoms with van der Waals surface area (Å²) in [5.74, 6) is 0.583. The highest BCUT2D eigenvalue weighted by Crippen LogP contribution is 2.31. The number of carbonyl (C=O) groups excluding carboxylic acids is 1. The molecule has 0 saturated heterocycles. The quantitative estimate of drug-likeness (QED) is 0.738. The fraction of sp³-hybridized carbons (Fsp3) is 0.100. The summed E-state index contributed by atoms with van der Waals surface area (Å²) in [6.07, 6.45) is 1.77. The first-order valence-electron chi connectivity index (χ1n) is 3.99. The summed E-state index contributed by atoms with van der Waals surface area (Å²) in [7, 11) is 0. The molecule has 0 radical (unpaired) electrons. The summed E-state index contributed by atoms with van der Waals surface area (Å²) in [6.45, 7) is 3.68. The minimum Gasteiger partial charge on any atom is -0.324 e. The van der Waals surface area contributed by atoms with E-state index >= 15 is 0 Å². The summed E-state index contributed by atoms with van der Waals surface area (Å²) in [5.41, 5.74) is 1.93. The first-order valence-corrected chi connectivity index (χ1v) is 4.97. The third kappa shape index (κ3) is 1.60. The lowest BCUT2D eigenvalue weighted by molar-refractivity contribution is -0.113. The number of anilines is 1. The smallest absolute Gasteiger partial charge is 0.234 e. The van der Waals surface area contributed by atoms with Crippen LogP contribution in [0.1, 0.15) is 5.56 Å². The molecule has 0 bridgehead atoms. The number of nitrogens with one attached hydrogen (secondary N) is 1. The monoisotopic (exact) mass is 191 g/mol. The van der Waals surface area contributed by atoms with Gasteiger partial charge >= 0.3 is 0 Å². The Morgan fingerprint density at radius 1 is 1.54 bits per heavy atom. The van der Waals surface area contributed by atoms with Crippen LogP contribution in [-0.4, -0.2) is 11.7 Å². The van der Waals surface area contributed by atoms with Gasteiger partial charge in [0.15, 0.2) is 0 Å². The van der Waals surface area contributed by atoms with Crippen LogP contribution in [0.15, 0.2) is 29.7 Å². The first kappa shape index (κ1) is 8.38. The second-order valence-electron chi connectivity index (χ2n) is 2.80. The third-order valence-corrected chi connectivity index (χ3v) is 2.95. The van der Waals surface area contributed by atoms with Crippen molar-refractivity contribution < 1.29 is 4.79 Å². The van der Waals surface area contributed by atoms with Crippen molar-refractivity contribution in [1.29, 1.82) is 0 Å². The number of amides is 1. The Morgan fingerprint density at radius 2 is 2.38 bits per heavy atom. The fourth-order valence-electron chi connectivity index (χ4n) is 1.23. The summed E-state index contributed by atoms with van der Waals surface area (Å²) in [5, 5.41) is 2.83. The highest BCUT2D eigenvalue weighted by Gasteiger charge is 2.14. The Labute approximate surface area is 81.0 Å². The summed E-state index contributed by atoms with van der Waals surface area (Å²) in [4.78, 5) is 12.2. The zero-order valence-corrected chi connectivity index (χ0v) is 7.86. The van der Waals surface area contributed by atoms with E-state index in [2.05, 4.69) is 11.9 Å². The predicted octanol–water partition coefficient (Wildman–Crippen LogP) is 2.37. The topological polar surface area (TPSA) is 29.1 Å². The molecule has 1 aliphatic heterocycles. The van der Waals surface area contributed by atoms with Crippen LogP contribution in [0.3, 0.4) is 0 Å². The minimum atomic E-state index is 0.0683. The van der Waals surface area contributed by atoms with Crippen LogP contribution >= 0.6 is 11.8 Å². The number of benzene rings is 1. The van der Waals surface area contributed by atoms with Crippen molar-refractivity contribution in [2.45, 2.75) is 4.90 Å². The van der Waals surface area contributed by atoms with Crippen LogP contribution in [0, 0.1) is 0 Å². The molecule has 1 aliphatic rings. The molecule has 66 valence electrons. The number of carbonyl (C=O) groups is 1. The van der Waals surface area contributed by atoms with E-state index in [-0.39, 0.29) is 5.91 Å². The van der Waals surface area contributed by atoms with E-state index < -0.39 is 0 Å². The molecule has 1 N–H and O–H groups in total. The van der Waals surface area contributed by atoms with E-state index in [0.29, 0.717) is 5.75 Å². The van der Waals surface area contributed by atoms with E-state index in [1.54, 1.807) is 17.8 Å². The Hall–Kier alpha value is -1.22. The van der Waals surface area contributed by atoms with E-state index in [4.69, 9.17) is 0 Å². The molecule has 1 aromatic carbocycles. The molecule has 0 spiro atoms. The highest BCUT2D eigenvalue weighted by molar-refractivity contribution is 8.00. The molecule has 0 saturated carbocycles. The van der Waals surface area contributed by atoms with E-state index in [9.17, 15) is 4.79 Å². The van der Waals surface area contributed by atoms with E-state index in [1.165, 1.54) is 0 Å². The molecule has 1 aromatic rings. The molecule has 0 aromatic heterocycles. The fourth-order valence-corrected chi connectivity index (χ4v) is 2.02. The number of thioether (sulfide) groups is 1. The van der Waals surface area contributed by atoms with Crippen molar-refractivity contribution in [1.82, 2.24) is 0 Å². The molecule has 1 amide bonds. The molecular formula is C10H9NOS. The predicted molar refractivity (Wildman–Crippen MR) is 55.9 cm³/mol.